The Morgan fingerprint density at radius 3 is 2.16 bits per heavy atom. The van der Waals surface area contributed by atoms with Crippen LogP contribution in [-0.4, -0.2) is 24.4 Å². The van der Waals surface area contributed by atoms with Gasteiger partial charge < -0.3 is 15.4 Å². The van der Waals surface area contributed by atoms with E-state index in [9.17, 15) is 14.4 Å². The van der Waals surface area contributed by atoms with Gasteiger partial charge in [0.25, 0.3) is 11.8 Å². The minimum Gasteiger partial charge on any atom is -0.454 e. The summed E-state index contributed by atoms with van der Waals surface area (Å²) < 4.78 is 5.23. The highest BCUT2D eigenvalue weighted by Crippen LogP contribution is 2.18. The Balaban J connectivity index is 1.68. The first-order chi connectivity index (χ1) is 15.0. The number of ether oxygens (including phenoxy) is 1. The third-order valence-electron chi connectivity index (χ3n) is 4.90. The molecule has 3 aromatic rings. The van der Waals surface area contributed by atoms with Crippen molar-refractivity contribution in [3.63, 3.8) is 0 Å². The fourth-order valence-electron chi connectivity index (χ4n) is 3.02. The zero-order valence-electron chi connectivity index (χ0n) is 17.4. The van der Waals surface area contributed by atoms with Crippen molar-refractivity contribution in [3.8, 4) is 0 Å². The van der Waals surface area contributed by atoms with Gasteiger partial charge in [-0.2, -0.15) is 0 Å². The second-order valence-electron chi connectivity index (χ2n) is 7.09. The zero-order chi connectivity index (χ0) is 22.2. The smallest absolute Gasteiger partial charge is 0.333 e. The predicted octanol–water partition coefficient (Wildman–Crippen LogP) is 3.96. The minimum atomic E-state index is -1.04. The van der Waals surface area contributed by atoms with Crippen LogP contribution < -0.4 is 10.6 Å². The third kappa shape index (κ3) is 5.79. The molecule has 1 atom stereocenters. The Hall–Kier alpha value is -3.93. The van der Waals surface area contributed by atoms with Gasteiger partial charge in [0.05, 0.1) is 0 Å². The number of anilines is 1. The second-order valence-corrected chi connectivity index (χ2v) is 7.09. The summed E-state index contributed by atoms with van der Waals surface area (Å²) in [6.07, 6.45) is 0. The van der Waals surface area contributed by atoms with Crippen molar-refractivity contribution in [1.29, 1.82) is 0 Å². The second kappa shape index (κ2) is 10.2. The lowest BCUT2D eigenvalue weighted by Gasteiger charge is -2.18. The molecule has 0 saturated heterocycles. The van der Waals surface area contributed by atoms with E-state index in [1.165, 1.54) is 0 Å². The molecule has 0 radical (unpaired) electrons. The Morgan fingerprint density at radius 2 is 1.48 bits per heavy atom. The van der Waals surface area contributed by atoms with Crippen molar-refractivity contribution in [1.82, 2.24) is 5.32 Å². The number of rotatable bonds is 7. The summed E-state index contributed by atoms with van der Waals surface area (Å²) in [5.74, 6) is -1.58. The van der Waals surface area contributed by atoms with Gasteiger partial charge in [-0.3, -0.25) is 9.59 Å². The predicted molar refractivity (Wildman–Crippen MR) is 119 cm³/mol. The van der Waals surface area contributed by atoms with Crippen molar-refractivity contribution in [2.45, 2.75) is 19.9 Å². The van der Waals surface area contributed by atoms with Crippen LogP contribution in [0.4, 0.5) is 5.69 Å². The molecule has 0 aliphatic carbocycles. The monoisotopic (exact) mass is 416 g/mol. The standard InChI is InChI=1S/C25H24N2O4/c1-17-10-9-15-21(18(17)2)26-22(28)16-31-25(30)23(19-11-5-3-6-12-19)27-24(29)20-13-7-4-8-14-20/h3-15,23H,16H2,1-2H3,(H,26,28)(H,27,29). The van der Waals surface area contributed by atoms with Crippen LogP contribution in [0.3, 0.4) is 0 Å². The Labute approximate surface area is 181 Å². The molecule has 0 spiro atoms. The number of carbonyl (C=O) groups excluding carboxylic acids is 3. The lowest BCUT2D eigenvalue weighted by Crippen LogP contribution is -2.36. The van der Waals surface area contributed by atoms with Crippen molar-refractivity contribution < 1.29 is 19.1 Å². The van der Waals surface area contributed by atoms with E-state index < -0.39 is 30.4 Å². The molecule has 0 aliphatic rings. The molecule has 2 N–H and O–H groups in total. The van der Waals surface area contributed by atoms with Crippen LogP contribution in [0.2, 0.25) is 0 Å². The van der Waals surface area contributed by atoms with Crippen molar-refractivity contribution >= 4 is 23.5 Å². The van der Waals surface area contributed by atoms with E-state index in [0.29, 0.717) is 16.8 Å². The molecule has 3 rings (SSSR count). The van der Waals surface area contributed by atoms with Crippen LogP contribution in [0.25, 0.3) is 0 Å². The van der Waals surface area contributed by atoms with Gasteiger partial charge in [0.1, 0.15) is 0 Å². The average Bonchev–Trinajstić information content (AvgIpc) is 2.80. The highest BCUT2D eigenvalue weighted by molar-refractivity contribution is 5.98. The van der Waals surface area contributed by atoms with Crippen molar-refractivity contribution in [3.05, 3.63) is 101 Å². The molecular weight excluding hydrogens is 392 g/mol. The molecule has 2 amide bonds. The molecular formula is C25H24N2O4. The molecule has 3 aromatic carbocycles. The van der Waals surface area contributed by atoms with E-state index in [4.69, 9.17) is 4.74 Å². The molecule has 31 heavy (non-hydrogen) atoms. The van der Waals surface area contributed by atoms with Gasteiger partial charge in [0.2, 0.25) is 0 Å². The number of carbonyl (C=O) groups is 3. The van der Waals surface area contributed by atoms with Crippen LogP contribution >= 0.6 is 0 Å². The summed E-state index contributed by atoms with van der Waals surface area (Å²) >= 11 is 0. The lowest BCUT2D eigenvalue weighted by molar-refractivity contribution is -0.149. The van der Waals surface area contributed by atoms with Gasteiger partial charge in [-0.15, -0.1) is 0 Å². The number of amides is 2. The first-order valence-corrected chi connectivity index (χ1v) is 9.89. The fraction of sp³-hybridized carbons (Fsp3) is 0.160. The number of benzene rings is 3. The highest BCUT2D eigenvalue weighted by atomic mass is 16.5. The van der Waals surface area contributed by atoms with Crippen LogP contribution in [0, 0.1) is 13.8 Å². The molecule has 0 aromatic heterocycles. The minimum absolute atomic E-state index is 0.411. The van der Waals surface area contributed by atoms with E-state index in [2.05, 4.69) is 10.6 Å². The number of hydrogen-bond acceptors (Lipinski definition) is 4. The third-order valence-corrected chi connectivity index (χ3v) is 4.90. The van der Waals surface area contributed by atoms with Gasteiger partial charge >= 0.3 is 5.97 Å². The zero-order valence-corrected chi connectivity index (χ0v) is 17.4. The first kappa shape index (κ1) is 21.8. The molecule has 0 heterocycles. The van der Waals surface area contributed by atoms with E-state index in [1.807, 2.05) is 32.0 Å². The molecule has 6 nitrogen and oxygen atoms in total. The Bertz CT molecular complexity index is 1070. The van der Waals surface area contributed by atoms with Gasteiger partial charge in [-0.1, -0.05) is 60.7 Å². The molecule has 0 bridgehead atoms. The fourth-order valence-corrected chi connectivity index (χ4v) is 3.02. The maximum Gasteiger partial charge on any atom is 0.333 e. The summed E-state index contributed by atoms with van der Waals surface area (Å²) in [5, 5.41) is 5.44. The van der Waals surface area contributed by atoms with Crippen LogP contribution in [0.5, 0.6) is 0 Å². The normalized spacial score (nSPS) is 11.3. The molecule has 0 saturated carbocycles. The van der Waals surface area contributed by atoms with Crippen molar-refractivity contribution in [2.24, 2.45) is 0 Å². The van der Waals surface area contributed by atoms with E-state index in [0.717, 1.165) is 11.1 Å². The SMILES string of the molecule is Cc1cccc(NC(=O)COC(=O)C(NC(=O)c2ccccc2)c2ccccc2)c1C. The summed E-state index contributed by atoms with van der Waals surface area (Å²) in [7, 11) is 0. The number of esters is 1. The molecule has 158 valence electrons. The average molecular weight is 416 g/mol. The maximum absolute atomic E-state index is 12.8. The molecule has 0 aliphatic heterocycles. The maximum atomic E-state index is 12.8. The van der Waals surface area contributed by atoms with Gasteiger partial charge in [0.15, 0.2) is 12.6 Å². The lowest BCUT2D eigenvalue weighted by atomic mass is 10.1. The largest absolute Gasteiger partial charge is 0.454 e. The van der Waals surface area contributed by atoms with Crippen molar-refractivity contribution in [2.75, 3.05) is 11.9 Å². The molecule has 0 fully saturated rings. The van der Waals surface area contributed by atoms with Crippen LogP contribution in [0.15, 0.2) is 78.9 Å². The molecule has 1 unspecified atom stereocenters. The summed E-state index contributed by atoms with van der Waals surface area (Å²) in [6.45, 7) is 3.39. The quantitative estimate of drug-likeness (QED) is 0.571. The van der Waals surface area contributed by atoms with E-state index >= 15 is 0 Å². The highest BCUT2D eigenvalue weighted by Gasteiger charge is 2.25. The number of aryl methyl sites for hydroxylation is 1. The summed E-state index contributed by atoms with van der Waals surface area (Å²) in [4.78, 5) is 37.7. The van der Waals surface area contributed by atoms with Gasteiger partial charge in [-0.25, -0.2) is 4.79 Å². The van der Waals surface area contributed by atoms with E-state index in [1.54, 1.807) is 60.7 Å². The van der Waals surface area contributed by atoms with Crippen LogP contribution in [-0.2, 0) is 14.3 Å². The van der Waals surface area contributed by atoms with Gasteiger partial charge in [0, 0.05) is 11.3 Å². The summed E-state index contributed by atoms with van der Waals surface area (Å²) in [5.41, 5.74) is 3.63. The Morgan fingerprint density at radius 1 is 0.839 bits per heavy atom. The summed E-state index contributed by atoms with van der Waals surface area (Å²) in [6, 6.07) is 21.9. The first-order valence-electron chi connectivity index (χ1n) is 9.89. The van der Waals surface area contributed by atoms with Gasteiger partial charge in [-0.05, 0) is 48.7 Å². The Kier molecular flexibility index (Phi) is 7.17. The van der Waals surface area contributed by atoms with Crippen LogP contribution in [0.1, 0.15) is 33.1 Å². The van der Waals surface area contributed by atoms with E-state index in [-0.39, 0.29) is 0 Å². The number of hydrogen-bond donors (Lipinski definition) is 2. The number of nitrogens with one attached hydrogen (secondary N) is 2. The molecule has 6 heteroatoms. The topological polar surface area (TPSA) is 84.5 Å².